The summed E-state index contributed by atoms with van der Waals surface area (Å²) in [5, 5.41) is 1.43. The molecule has 3 atom stereocenters. The van der Waals surface area contributed by atoms with Gasteiger partial charge >= 0.3 is 5.97 Å². The van der Waals surface area contributed by atoms with Gasteiger partial charge in [0.1, 0.15) is 6.04 Å². The van der Waals surface area contributed by atoms with Crippen molar-refractivity contribution < 1.29 is 14.1 Å². The number of carbonyl (C=O) groups is 1. The van der Waals surface area contributed by atoms with E-state index < -0.39 is 13.3 Å². The van der Waals surface area contributed by atoms with Gasteiger partial charge in [-0.05, 0) is 29.8 Å². The third-order valence-electron chi connectivity index (χ3n) is 5.69. The standard InChI is InChI=1S/C24H24NO3P/c1-18-22(19-12-6-3-7-13-19)25(23(18)24(26)28-2)29(27,20-14-8-4-9-15-20)21-16-10-5-11-17-21/h3-18,22-23H,1-2H3/t18-,22-,23-/m0/s1. The summed E-state index contributed by atoms with van der Waals surface area (Å²) in [6.07, 6.45) is 0. The molecule has 4 nitrogen and oxygen atoms in total. The van der Waals surface area contributed by atoms with Crippen molar-refractivity contribution in [2.75, 3.05) is 7.11 Å². The Balaban J connectivity index is 1.93. The van der Waals surface area contributed by atoms with Gasteiger partial charge in [0, 0.05) is 22.6 Å². The van der Waals surface area contributed by atoms with Gasteiger partial charge in [-0.2, -0.15) is 0 Å². The number of rotatable bonds is 5. The smallest absolute Gasteiger partial charge is 0.323 e. The highest BCUT2D eigenvalue weighted by Gasteiger charge is 2.58. The third kappa shape index (κ3) is 3.23. The molecule has 1 aliphatic heterocycles. The summed E-state index contributed by atoms with van der Waals surface area (Å²) in [4.78, 5) is 12.7. The zero-order chi connectivity index (χ0) is 20.4. The van der Waals surface area contributed by atoms with Crippen LogP contribution in [-0.4, -0.2) is 23.8 Å². The van der Waals surface area contributed by atoms with Crippen molar-refractivity contribution in [1.82, 2.24) is 4.67 Å². The first-order valence-electron chi connectivity index (χ1n) is 9.72. The van der Waals surface area contributed by atoms with Crippen LogP contribution in [0.15, 0.2) is 91.0 Å². The second kappa shape index (κ2) is 7.98. The summed E-state index contributed by atoms with van der Waals surface area (Å²) in [7, 11) is -1.89. The predicted octanol–water partition coefficient (Wildman–Crippen LogP) is 4.15. The van der Waals surface area contributed by atoms with Crippen LogP contribution in [0.2, 0.25) is 0 Å². The van der Waals surface area contributed by atoms with E-state index in [9.17, 15) is 9.36 Å². The van der Waals surface area contributed by atoms with Crippen molar-refractivity contribution in [2.24, 2.45) is 5.92 Å². The molecule has 0 spiro atoms. The number of ether oxygens (including phenoxy) is 1. The number of methoxy groups -OCH3 is 1. The van der Waals surface area contributed by atoms with Crippen LogP contribution in [0.25, 0.3) is 0 Å². The Labute approximate surface area is 171 Å². The first kappa shape index (κ1) is 19.6. The van der Waals surface area contributed by atoms with Crippen molar-refractivity contribution in [2.45, 2.75) is 19.0 Å². The average Bonchev–Trinajstić information content (AvgIpc) is 2.78. The monoisotopic (exact) mass is 405 g/mol. The normalized spacial score (nSPS) is 21.9. The molecule has 148 valence electrons. The van der Waals surface area contributed by atoms with E-state index in [1.165, 1.54) is 7.11 Å². The van der Waals surface area contributed by atoms with E-state index in [0.717, 1.165) is 5.56 Å². The molecule has 0 amide bonds. The van der Waals surface area contributed by atoms with Gasteiger partial charge in [0.15, 0.2) is 0 Å². The van der Waals surface area contributed by atoms with Crippen molar-refractivity contribution in [1.29, 1.82) is 0 Å². The molecule has 1 heterocycles. The van der Waals surface area contributed by atoms with Crippen LogP contribution >= 0.6 is 7.29 Å². The van der Waals surface area contributed by atoms with E-state index in [1.54, 1.807) is 0 Å². The van der Waals surface area contributed by atoms with E-state index in [0.29, 0.717) is 10.6 Å². The zero-order valence-corrected chi connectivity index (χ0v) is 17.4. The SMILES string of the molecule is COC(=O)[C@@H]1[C@@H](C)[C@@H](c2ccccc2)N1P(=O)(c1ccccc1)c1ccccc1. The van der Waals surface area contributed by atoms with E-state index in [4.69, 9.17) is 4.74 Å². The minimum absolute atomic E-state index is 0.0226. The maximum Gasteiger partial charge on any atom is 0.323 e. The Morgan fingerprint density at radius 3 is 1.72 bits per heavy atom. The fraction of sp³-hybridized carbons (Fsp3) is 0.208. The molecule has 29 heavy (non-hydrogen) atoms. The number of hydrogen-bond donors (Lipinski definition) is 0. The second-order valence-electron chi connectivity index (χ2n) is 7.31. The number of carbonyl (C=O) groups excluding carboxylic acids is 1. The molecule has 0 saturated carbocycles. The highest BCUT2D eigenvalue weighted by molar-refractivity contribution is 7.76. The lowest BCUT2D eigenvalue weighted by Crippen LogP contribution is -2.61. The Morgan fingerprint density at radius 1 is 0.828 bits per heavy atom. The van der Waals surface area contributed by atoms with Gasteiger partial charge in [-0.1, -0.05) is 73.7 Å². The van der Waals surface area contributed by atoms with Crippen molar-refractivity contribution >= 4 is 23.9 Å². The lowest BCUT2D eigenvalue weighted by atomic mass is 9.80. The summed E-state index contributed by atoms with van der Waals surface area (Å²) in [5.41, 5.74) is 1.05. The Kier molecular flexibility index (Phi) is 5.40. The average molecular weight is 405 g/mol. The van der Waals surface area contributed by atoms with Gasteiger partial charge < -0.3 is 4.74 Å². The third-order valence-corrected chi connectivity index (χ3v) is 8.83. The fourth-order valence-electron chi connectivity index (χ4n) is 4.30. The largest absolute Gasteiger partial charge is 0.468 e. The van der Waals surface area contributed by atoms with E-state index in [-0.39, 0.29) is 17.9 Å². The first-order chi connectivity index (χ1) is 14.1. The molecule has 1 fully saturated rings. The van der Waals surface area contributed by atoms with Crippen molar-refractivity contribution in [3.8, 4) is 0 Å². The molecule has 3 aromatic carbocycles. The first-order valence-corrected chi connectivity index (χ1v) is 11.4. The van der Waals surface area contributed by atoms with Crippen LogP contribution in [0, 0.1) is 5.92 Å². The summed E-state index contributed by atoms with van der Waals surface area (Å²) in [6.45, 7) is 2.02. The predicted molar refractivity (Wildman–Crippen MR) is 116 cm³/mol. The minimum Gasteiger partial charge on any atom is -0.468 e. The topological polar surface area (TPSA) is 46.6 Å². The summed E-state index contributed by atoms with van der Waals surface area (Å²) in [6, 6.07) is 28.1. The number of benzene rings is 3. The molecule has 1 saturated heterocycles. The quantitative estimate of drug-likeness (QED) is 0.473. The molecule has 0 bridgehead atoms. The van der Waals surface area contributed by atoms with Gasteiger partial charge in [-0.3, -0.25) is 9.36 Å². The highest BCUT2D eigenvalue weighted by atomic mass is 31.2. The summed E-state index contributed by atoms with van der Waals surface area (Å²) < 4.78 is 21.9. The molecule has 0 unspecified atom stereocenters. The Bertz CT molecular complexity index is 980. The van der Waals surface area contributed by atoms with Crippen LogP contribution in [0.5, 0.6) is 0 Å². The number of hydrogen-bond acceptors (Lipinski definition) is 3. The van der Waals surface area contributed by atoms with Gasteiger partial charge in [-0.15, -0.1) is 0 Å². The summed E-state index contributed by atoms with van der Waals surface area (Å²) >= 11 is 0. The molecule has 3 aromatic rings. The molecule has 0 radical (unpaired) electrons. The van der Waals surface area contributed by atoms with E-state index in [1.807, 2.05) is 103 Å². The van der Waals surface area contributed by atoms with E-state index in [2.05, 4.69) is 0 Å². The maximum atomic E-state index is 14.9. The van der Waals surface area contributed by atoms with Crippen LogP contribution in [0.4, 0.5) is 0 Å². The molecule has 0 aliphatic carbocycles. The van der Waals surface area contributed by atoms with Gasteiger partial charge in [0.2, 0.25) is 7.29 Å². The van der Waals surface area contributed by atoms with Crippen LogP contribution in [-0.2, 0) is 14.1 Å². The number of nitrogens with zero attached hydrogens (tertiary/aromatic N) is 1. The molecule has 0 aromatic heterocycles. The molecule has 4 rings (SSSR count). The molecule has 5 heteroatoms. The molecule has 1 aliphatic rings. The van der Waals surface area contributed by atoms with Crippen molar-refractivity contribution in [3.05, 3.63) is 96.6 Å². The minimum atomic E-state index is -3.28. The lowest BCUT2D eigenvalue weighted by molar-refractivity contribution is -0.155. The van der Waals surface area contributed by atoms with Gasteiger partial charge in [0.05, 0.1) is 7.11 Å². The molecule has 0 N–H and O–H groups in total. The van der Waals surface area contributed by atoms with Crippen LogP contribution in [0.3, 0.4) is 0 Å². The van der Waals surface area contributed by atoms with Crippen LogP contribution < -0.4 is 10.6 Å². The Hall–Kier alpha value is -2.68. The fourth-order valence-corrected chi connectivity index (χ4v) is 7.64. The zero-order valence-electron chi connectivity index (χ0n) is 16.5. The Morgan fingerprint density at radius 2 is 1.28 bits per heavy atom. The number of esters is 1. The molecular formula is C24H24NO3P. The van der Waals surface area contributed by atoms with Gasteiger partial charge in [-0.25, -0.2) is 4.67 Å². The second-order valence-corrected chi connectivity index (χ2v) is 9.96. The highest BCUT2D eigenvalue weighted by Crippen LogP contribution is 2.62. The summed E-state index contributed by atoms with van der Waals surface area (Å²) in [5.74, 6) is -0.373. The van der Waals surface area contributed by atoms with E-state index >= 15 is 0 Å². The maximum absolute atomic E-state index is 14.9. The molecular weight excluding hydrogens is 381 g/mol. The van der Waals surface area contributed by atoms with Crippen molar-refractivity contribution in [3.63, 3.8) is 0 Å². The van der Waals surface area contributed by atoms with Gasteiger partial charge in [0.25, 0.3) is 0 Å². The van der Waals surface area contributed by atoms with Crippen LogP contribution in [0.1, 0.15) is 18.5 Å². The lowest BCUT2D eigenvalue weighted by Gasteiger charge is -2.55.